The van der Waals surface area contributed by atoms with Crippen LogP contribution in [0.4, 0.5) is 14.9 Å². The van der Waals surface area contributed by atoms with Gasteiger partial charge in [0.1, 0.15) is 5.75 Å². The van der Waals surface area contributed by atoms with E-state index in [0.29, 0.717) is 51.2 Å². The van der Waals surface area contributed by atoms with Crippen molar-refractivity contribution in [2.45, 2.75) is 13.3 Å². The number of hydrogen-bond donors (Lipinski definition) is 2. The van der Waals surface area contributed by atoms with Crippen LogP contribution >= 0.6 is 0 Å². The van der Waals surface area contributed by atoms with Gasteiger partial charge in [-0.2, -0.15) is 0 Å². The molecule has 4 aromatic rings. The predicted molar refractivity (Wildman–Crippen MR) is 126 cm³/mol. The number of carbonyl (C=O) groups excluding carboxylic acids is 1. The van der Waals surface area contributed by atoms with E-state index in [0.717, 1.165) is 6.42 Å². The molecule has 170 valence electrons. The van der Waals surface area contributed by atoms with Crippen LogP contribution in [0, 0.1) is 5.82 Å². The fourth-order valence-electron chi connectivity index (χ4n) is 3.50. The molecule has 0 radical (unpaired) electrons. The maximum atomic E-state index is 15.3. The molecule has 2 N–H and O–H groups in total. The molecule has 2 amide bonds. The van der Waals surface area contributed by atoms with E-state index in [4.69, 9.17) is 14.2 Å². The normalized spacial score (nSPS) is 10.8. The van der Waals surface area contributed by atoms with Gasteiger partial charge in [-0.05, 0) is 48.2 Å². The van der Waals surface area contributed by atoms with Crippen LogP contribution in [-0.4, -0.2) is 31.8 Å². The molecule has 8 heteroatoms. The Morgan fingerprint density at radius 1 is 0.939 bits per heavy atom. The highest BCUT2D eigenvalue weighted by Crippen LogP contribution is 2.38. The molecule has 0 aliphatic carbocycles. The summed E-state index contributed by atoms with van der Waals surface area (Å²) < 4.78 is 31.9. The molecule has 0 saturated heterocycles. The third-order valence-corrected chi connectivity index (χ3v) is 5.14. The van der Waals surface area contributed by atoms with E-state index in [1.165, 1.54) is 0 Å². The Bertz CT molecular complexity index is 1330. The molecule has 4 rings (SSSR count). The Morgan fingerprint density at radius 2 is 1.73 bits per heavy atom. The topological polar surface area (TPSA) is 81.7 Å². The second-order valence-electron chi connectivity index (χ2n) is 7.33. The lowest BCUT2D eigenvalue weighted by atomic mass is 10.1. The Balaban J connectivity index is 1.65. The van der Waals surface area contributed by atoms with Crippen molar-refractivity contribution in [3.63, 3.8) is 0 Å². The van der Waals surface area contributed by atoms with Gasteiger partial charge < -0.3 is 24.8 Å². The highest BCUT2D eigenvalue weighted by molar-refractivity contribution is 5.94. The number of halogens is 1. The molecule has 1 heterocycles. The van der Waals surface area contributed by atoms with Crippen LogP contribution in [0.3, 0.4) is 0 Å². The van der Waals surface area contributed by atoms with Gasteiger partial charge in [-0.3, -0.25) is 4.98 Å². The summed E-state index contributed by atoms with van der Waals surface area (Å²) in [5.74, 6) is 1.07. The standard InChI is InChI=1S/C25H24FN3O4/c1-4-10-28-25(30)29-16-6-7-17-15(12-16)5-8-21(24(17)26)33-20-9-11-27-19-14-23(32-3)22(31-2)13-18(19)20/h5-9,11-14H,4,10H2,1-3H3,(H2,28,29,30). The van der Waals surface area contributed by atoms with Crippen LogP contribution in [-0.2, 0) is 0 Å². The van der Waals surface area contributed by atoms with Crippen molar-refractivity contribution in [1.82, 2.24) is 10.3 Å². The Kier molecular flexibility index (Phi) is 6.44. The van der Waals surface area contributed by atoms with E-state index >= 15 is 4.39 Å². The number of nitrogens with zero attached hydrogens (tertiary/aromatic N) is 1. The lowest BCUT2D eigenvalue weighted by Gasteiger charge is -2.14. The molecule has 0 aliphatic heterocycles. The summed E-state index contributed by atoms with van der Waals surface area (Å²) in [6.45, 7) is 2.55. The first kappa shape index (κ1) is 22.1. The van der Waals surface area contributed by atoms with Crippen molar-refractivity contribution in [3.8, 4) is 23.0 Å². The van der Waals surface area contributed by atoms with Crippen molar-refractivity contribution in [3.05, 3.63) is 60.5 Å². The van der Waals surface area contributed by atoms with E-state index in [1.54, 1.807) is 68.9 Å². The number of anilines is 1. The van der Waals surface area contributed by atoms with Gasteiger partial charge in [-0.25, -0.2) is 9.18 Å². The van der Waals surface area contributed by atoms with E-state index < -0.39 is 5.82 Å². The van der Waals surface area contributed by atoms with E-state index in [9.17, 15) is 4.79 Å². The number of hydrogen-bond acceptors (Lipinski definition) is 5. The fourth-order valence-corrected chi connectivity index (χ4v) is 3.50. The van der Waals surface area contributed by atoms with Crippen molar-refractivity contribution < 1.29 is 23.4 Å². The van der Waals surface area contributed by atoms with Crippen LogP contribution in [0.25, 0.3) is 21.7 Å². The first-order valence-corrected chi connectivity index (χ1v) is 10.5. The number of amides is 2. The minimum Gasteiger partial charge on any atom is -0.493 e. The summed E-state index contributed by atoms with van der Waals surface area (Å²) in [6, 6.07) is 13.1. The third-order valence-electron chi connectivity index (χ3n) is 5.14. The maximum absolute atomic E-state index is 15.3. The minimum absolute atomic E-state index is 0.0752. The number of aromatic nitrogens is 1. The maximum Gasteiger partial charge on any atom is 0.319 e. The van der Waals surface area contributed by atoms with Gasteiger partial charge in [-0.15, -0.1) is 0 Å². The molecule has 33 heavy (non-hydrogen) atoms. The number of methoxy groups -OCH3 is 2. The number of urea groups is 1. The van der Waals surface area contributed by atoms with Crippen molar-refractivity contribution in [1.29, 1.82) is 0 Å². The SMILES string of the molecule is CCCNC(=O)Nc1ccc2c(F)c(Oc3ccnc4cc(OC)c(OC)cc34)ccc2c1. The highest BCUT2D eigenvalue weighted by Gasteiger charge is 2.15. The molecule has 0 aliphatic rings. The molecular weight excluding hydrogens is 425 g/mol. The lowest BCUT2D eigenvalue weighted by Crippen LogP contribution is -2.29. The van der Waals surface area contributed by atoms with Crippen LogP contribution in [0.2, 0.25) is 0 Å². The molecule has 0 atom stereocenters. The second-order valence-corrected chi connectivity index (χ2v) is 7.33. The number of benzene rings is 3. The molecule has 3 aromatic carbocycles. The van der Waals surface area contributed by atoms with Crippen molar-refractivity contribution >= 4 is 33.4 Å². The lowest BCUT2D eigenvalue weighted by molar-refractivity contribution is 0.252. The van der Waals surface area contributed by atoms with Gasteiger partial charge in [0.25, 0.3) is 0 Å². The number of fused-ring (bicyclic) bond motifs is 2. The van der Waals surface area contributed by atoms with Gasteiger partial charge in [0.2, 0.25) is 0 Å². The average molecular weight is 449 g/mol. The first-order chi connectivity index (χ1) is 16.0. The molecule has 0 fully saturated rings. The summed E-state index contributed by atoms with van der Waals surface area (Å²) >= 11 is 0. The molecule has 0 bridgehead atoms. The van der Waals surface area contributed by atoms with E-state index in [2.05, 4.69) is 15.6 Å². The number of pyridine rings is 1. The van der Waals surface area contributed by atoms with E-state index in [1.807, 2.05) is 6.92 Å². The summed E-state index contributed by atoms with van der Waals surface area (Å²) in [7, 11) is 3.09. The minimum atomic E-state index is -0.500. The van der Waals surface area contributed by atoms with Crippen LogP contribution in [0.5, 0.6) is 23.0 Å². The van der Waals surface area contributed by atoms with Gasteiger partial charge >= 0.3 is 6.03 Å². The summed E-state index contributed by atoms with van der Waals surface area (Å²) in [5.41, 5.74) is 1.20. The number of carbonyl (C=O) groups is 1. The van der Waals surface area contributed by atoms with Gasteiger partial charge in [0, 0.05) is 35.3 Å². The zero-order valence-corrected chi connectivity index (χ0v) is 18.6. The monoisotopic (exact) mass is 449 g/mol. The smallest absolute Gasteiger partial charge is 0.319 e. The molecule has 1 aromatic heterocycles. The van der Waals surface area contributed by atoms with Gasteiger partial charge in [0.05, 0.1) is 19.7 Å². The summed E-state index contributed by atoms with van der Waals surface area (Å²) in [5, 5.41) is 7.17. The summed E-state index contributed by atoms with van der Waals surface area (Å²) in [6.07, 6.45) is 2.43. The Hall–Kier alpha value is -4.07. The largest absolute Gasteiger partial charge is 0.493 e. The molecule has 0 unspecified atom stereocenters. The highest BCUT2D eigenvalue weighted by atomic mass is 19.1. The van der Waals surface area contributed by atoms with Crippen molar-refractivity contribution in [2.24, 2.45) is 0 Å². The van der Waals surface area contributed by atoms with Crippen LogP contribution < -0.4 is 24.8 Å². The molecule has 0 spiro atoms. The third kappa shape index (κ3) is 4.59. The Labute approximate surface area is 190 Å². The first-order valence-electron chi connectivity index (χ1n) is 10.5. The van der Waals surface area contributed by atoms with Crippen molar-refractivity contribution in [2.75, 3.05) is 26.1 Å². The number of nitrogens with one attached hydrogen (secondary N) is 2. The average Bonchev–Trinajstić information content (AvgIpc) is 2.83. The molecular formula is C25H24FN3O4. The molecule has 0 saturated carbocycles. The van der Waals surface area contributed by atoms with Gasteiger partial charge in [0.15, 0.2) is 23.1 Å². The quantitative estimate of drug-likeness (QED) is 0.369. The zero-order chi connectivity index (χ0) is 23.4. The Morgan fingerprint density at radius 3 is 2.48 bits per heavy atom. The number of ether oxygens (including phenoxy) is 3. The van der Waals surface area contributed by atoms with Crippen LogP contribution in [0.15, 0.2) is 54.7 Å². The summed E-state index contributed by atoms with van der Waals surface area (Å²) in [4.78, 5) is 16.2. The number of rotatable bonds is 7. The fraction of sp³-hybridized carbons (Fsp3) is 0.200. The van der Waals surface area contributed by atoms with E-state index in [-0.39, 0.29) is 11.8 Å². The predicted octanol–water partition coefficient (Wildman–Crippen LogP) is 5.87. The second kappa shape index (κ2) is 9.60. The van der Waals surface area contributed by atoms with Crippen LogP contribution in [0.1, 0.15) is 13.3 Å². The van der Waals surface area contributed by atoms with Gasteiger partial charge in [-0.1, -0.05) is 13.0 Å². The zero-order valence-electron chi connectivity index (χ0n) is 18.6. The molecule has 7 nitrogen and oxygen atoms in total.